The van der Waals surface area contributed by atoms with Crippen LogP contribution in [0.2, 0.25) is 0 Å². The molecule has 0 radical (unpaired) electrons. The number of hydrogen-bond donors (Lipinski definition) is 1. The lowest BCUT2D eigenvalue weighted by molar-refractivity contribution is -0.127. The molecule has 1 aliphatic heterocycles. The van der Waals surface area contributed by atoms with Crippen LogP contribution in [-0.4, -0.2) is 43.2 Å². The normalized spacial score (nSPS) is 16.1. The Morgan fingerprint density at radius 3 is 2.23 bits per heavy atom. The lowest BCUT2D eigenvalue weighted by atomic mass is 9.87. The number of nitrogens with zero attached hydrogens (tertiary/aromatic N) is 1. The van der Waals surface area contributed by atoms with Crippen LogP contribution in [0.3, 0.4) is 0 Å². The second kappa shape index (κ2) is 10.1. The summed E-state index contributed by atoms with van der Waals surface area (Å²) >= 11 is 0. The summed E-state index contributed by atoms with van der Waals surface area (Å²) in [5, 5.41) is 2.96. The molecule has 1 aliphatic rings. The highest BCUT2D eigenvalue weighted by atomic mass is 16.5. The Morgan fingerprint density at radius 2 is 1.63 bits per heavy atom. The van der Waals surface area contributed by atoms with Gasteiger partial charge in [0, 0.05) is 26.2 Å². The Hall–Kier alpha value is -2.37. The summed E-state index contributed by atoms with van der Waals surface area (Å²) in [6, 6.07) is 16.4. The summed E-state index contributed by atoms with van der Waals surface area (Å²) in [5.41, 5.74) is 3.70. The summed E-state index contributed by atoms with van der Waals surface area (Å²) in [7, 11) is 0. The second-order valence-corrected chi connectivity index (χ2v) is 8.96. The standard InChI is InChI=1S/C25H34N2O3/c1-19(30-23-11-9-22(10-12-23)25(2,3)4)24(28)26-17-20-5-7-21(8-6-20)18-27-13-15-29-16-14-27/h5-12,19H,13-18H2,1-4H3,(H,26,28)/t19-/m1/s1. The van der Waals surface area contributed by atoms with Gasteiger partial charge in [-0.3, -0.25) is 9.69 Å². The van der Waals surface area contributed by atoms with E-state index in [1.807, 2.05) is 12.1 Å². The maximum Gasteiger partial charge on any atom is 0.261 e. The predicted octanol–water partition coefficient (Wildman–Crippen LogP) is 3.90. The molecule has 1 saturated heterocycles. The first kappa shape index (κ1) is 22.3. The maximum atomic E-state index is 12.4. The van der Waals surface area contributed by atoms with Crippen LogP contribution in [0.4, 0.5) is 0 Å². The van der Waals surface area contributed by atoms with Crippen molar-refractivity contribution in [1.82, 2.24) is 10.2 Å². The molecule has 0 saturated carbocycles. The quantitative estimate of drug-likeness (QED) is 0.752. The van der Waals surface area contributed by atoms with Gasteiger partial charge in [0.1, 0.15) is 5.75 Å². The molecule has 5 heteroatoms. The van der Waals surface area contributed by atoms with Crippen molar-refractivity contribution in [3.63, 3.8) is 0 Å². The molecule has 3 rings (SSSR count). The zero-order valence-electron chi connectivity index (χ0n) is 18.6. The van der Waals surface area contributed by atoms with E-state index in [1.165, 1.54) is 11.1 Å². The van der Waals surface area contributed by atoms with E-state index < -0.39 is 6.10 Å². The van der Waals surface area contributed by atoms with Crippen LogP contribution in [0.5, 0.6) is 5.75 Å². The first-order chi connectivity index (χ1) is 14.3. The molecular weight excluding hydrogens is 376 g/mol. The number of carbonyl (C=O) groups excluding carboxylic acids is 1. The second-order valence-electron chi connectivity index (χ2n) is 8.96. The van der Waals surface area contributed by atoms with E-state index in [0.717, 1.165) is 38.4 Å². The molecule has 0 bridgehead atoms. The van der Waals surface area contributed by atoms with E-state index in [2.05, 4.69) is 67.4 Å². The highest BCUT2D eigenvalue weighted by Crippen LogP contribution is 2.24. The van der Waals surface area contributed by atoms with Gasteiger partial charge in [-0.15, -0.1) is 0 Å². The van der Waals surface area contributed by atoms with Gasteiger partial charge < -0.3 is 14.8 Å². The van der Waals surface area contributed by atoms with Crippen LogP contribution in [0.15, 0.2) is 48.5 Å². The molecular formula is C25H34N2O3. The van der Waals surface area contributed by atoms with Crippen molar-refractivity contribution in [3.05, 3.63) is 65.2 Å². The molecule has 0 aromatic heterocycles. The highest BCUT2D eigenvalue weighted by Gasteiger charge is 2.16. The number of rotatable bonds is 7. The Labute approximate surface area is 180 Å². The van der Waals surface area contributed by atoms with Gasteiger partial charge >= 0.3 is 0 Å². The molecule has 1 atom stereocenters. The first-order valence-corrected chi connectivity index (χ1v) is 10.7. The van der Waals surface area contributed by atoms with E-state index in [4.69, 9.17) is 9.47 Å². The van der Waals surface area contributed by atoms with Gasteiger partial charge in [0.05, 0.1) is 13.2 Å². The molecule has 1 N–H and O–H groups in total. The van der Waals surface area contributed by atoms with E-state index in [1.54, 1.807) is 6.92 Å². The molecule has 30 heavy (non-hydrogen) atoms. The van der Waals surface area contributed by atoms with Crippen molar-refractivity contribution in [2.24, 2.45) is 0 Å². The van der Waals surface area contributed by atoms with E-state index in [0.29, 0.717) is 12.3 Å². The molecule has 2 aromatic carbocycles. The minimum Gasteiger partial charge on any atom is -0.481 e. The summed E-state index contributed by atoms with van der Waals surface area (Å²) in [5.74, 6) is 0.588. The average molecular weight is 411 g/mol. The van der Waals surface area contributed by atoms with Crippen molar-refractivity contribution in [1.29, 1.82) is 0 Å². The number of morpholine rings is 1. The number of hydrogen-bond acceptors (Lipinski definition) is 4. The summed E-state index contributed by atoms with van der Waals surface area (Å²) in [6.07, 6.45) is -0.550. The van der Waals surface area contributed by atoms with Gasteiger partial charge in [-0.2, -0.15) is 0 Å². The largest absolute Gasteiger partial charge is 0.481 e. The van der Waals surface area contributed by atoms with Gasteiger partial charge in [0.15, 0.2) is 6.10 Å². The monoisotopic (exact) mass is 410 g/mol. The van der Waals surface area contributed by atoms with Gasteiger partial charge in [-0.25, -0.2) is 0 Å². The average Bonchev–Trinajstić information content (AvgIpc) is 2.73. The maximum absolute atomic E-state index is 12.4. The van der Waals surface area contributed by atoms with Crippen molar-refractivity contribution in [3.8, 4) is 5.75 Å². The van der Waals surface area contributed by atoms with E-state index >= 15 is 0 Å². The first-order valence-electron chi connectivity index (χ1n) is 10.7. The van der Waals surface area contributed by atoms with Crippen LogP contribution in [-0.2, 0) is 28.0 Å². The molecule has 0 spiro atoms. The Balaban J connectivity index is 1.45. The molecule has 5 nitrogen and oxygen atoms in total. The number of carbonyl (C=O) groups is 1. The van der Waals surface area contributed by atoms with E-state index in [-0.39, 0.29) is 11.3 Å². The topological polar surface area (TPSA) is 50.8 Å². The number of ether oxygens (including phenoxy) is 2. The Morgan fingerprint density at radius 1 is 1.03 bits per heavy atom. The smallest absolute Gasteiger partial charge is 0.261 e. The van der Waals surface area contributed by atoms with Crippen molar-refractivity contribution < 1.29 is 14.3 Å². The molecule has 2 aromatic rings. The van der Waals surface area contributed by atoms with Crippen molar-refractivity contribution >= 4 is 5.91 Å². The summed E-state index contributed by atoms with van der Waals surface area (Å²) in [6.45, 7) is 13.3. The Kier molecular flexibility index (Phi) is 7.51. The third kappa shape index (κ3) is 6.57. The third-order valence-electron chi connectivity index (χ3n) is 5.40. The van der Waals surface area contributed by atoms with Gasteiger partial charge in [-0.1, -0.05) is 57.2 Å². The number of benzene rings is 2. The molecule has 1 amide bonds. The highest BCUT2D eigenvalue weighted by molar-refractivity contribution is 5.80. The van der Waals surface area contributed by atoms with Crippen molar-refractivity contribution in [2.75, 3.05) is 26.3 Å². The van der Waals surface area contributed by atoms with Crippen LogP contribution in [0.25, 0.3) is 0 Å². The lowest BCUT2D eigenvalue weighted by Crippen LogP contribution is -2.36. The summed E-state index contributed by atoms with van der Waals surface area (Å²) in [4.78, 5) is 14.8. The molecule has 0 aliphatic carbocycles. The van der Waals surface area contributed by atoms with Crippen LogP contribution >= 0.6 is 0 Å². The third-order valence-corrected chi connectivity index (χ3v) is 5.40. The Bertz CT molecular complexity index is 804. The van der Waals surface area contributed by atoms with Gasteiger partial charge in [-0.05, 0) is 41.2 Å². The van der Waals surface area contributed by atoms with Crippen molar-refractivity contribution in [2.45, 2.75) is 52.3 Å². The minimum atomic E-state index is -0.550. The lowest BCUT2D eigenvalue weighted by Gasteiger charge is -2.26. The summed E-state index contributed by atoms with van der Waals surface area (Å²) < 4.78 is 11.2. The predicted molar refractivity (Wildman–Crippen MR) is 120 cm³/mol. The van der Waals surface area contributed by atoms with E-state index in [9.17, 15) is 4.79 Å². The molecule has 0 unspecified atom stereocenters. The molecule has 1 heterocycles. The zero-order chi connectivity index (χ0) is 21.6. The molecule has 162 valence electrons. The van der Waals surface area contributed by atoms with Crippen LogP contribution in [0.1, 0.15) is 44.4 Å². The number of nitrogens with one attached hydrogen (secondary N) is 1. The fourth-order valence-electron chi connectivity index (χ4n) is 3.40. The van der Waals surface area contributed by atoms with Gasteiger partial charge in [0.2, 0.25) is 0 Å². The number of amides is 1. The van der Waals surface area contributed by atoms with Crippen LogP contribution < -0.4 is 10.1 Å². The fraction of sp³-hybridized carbons (Fsp3) is 0.480. The minimum absolute atomic E-state index is 0.0965. The SMILES string of the molecule is C[C@@H](Oc1ccc(C(C)(C)C)cc1)C(=O)NCc1ccc(CN2CCOCC2)cc1. The van der Waals surface area contributed by atoms with Gasteiger partial charge in [0.25, 0.3) is 5.91 Å². The fourth-order valence-corrected chi connectivity index (χ4v) is 3.40. The van der Waals surface area contributed by atoms with Crippen LogP contribution in [0, 0.1) is 0 Å². The zero-order valence-corrected chi connectivity index (χ0v) is 18.6. The molecule has 1 fully saturated rings.